The first-order chi connectivity index (χ1) is 9.51. The Hall–Kier alpha value is -0.0400. The molecule has 2 aromatic carbocycles. The van der Waals surface area contributed by atoms with Crippen LogP contribution >= 0.6 is 57.4 Å². The minimum atomic E-state index is -0.0665. The van der Waals surface area contributed by atoms with Gasteiger partial charge in [0.15, 0.2) is 0 Å². The molecule has 2 aromatic rings. The summed E-state index contributed by atoms with van der Waals surface area (Å²) in [5.74, 6) is 5.66. The van der Waals surface area contributed by atoms with Gasteiger partial charge in [-0.15, -0.1) is 0 Å². The maximum absolute atomic E-state index is 6.19. The van der Waals surface area contributed by atoms with E-state index in [-0.39, 0.29) is 6.04 Å². The average molecular weight is 442 g/mol. The lowest BCUT2D eigenvalue weighted by Gasteiger charge is -2.18. The number of benzene rings is 2. The molecule has 0 saturated heterocycles. The molecule has 0 aliphatic rings. The van der Waals surface area contributed by atoms with Gasteiger partial charge in [0.1, 0.15) is 0 Å². The van der Waals surface area contributed by atoms with Gasteiger partial charge >= 0.3 is 0 Å². The zero-order valence-corrected chi connectivity index (χ0v) is 14.8. The SMILES string of the molecule is NNC(Cc1ccc(Cl)cc1Cl)c1ccc(I)c(Cl)c1. The fraction of sp³-hybridized carbons (Fsp3) is 0.143. The van der Waals surface area contributed by atoms with E-state index in [9.17, 15) is 0 Å². The lowest BCUT2D eigenvalue weighted by atomic mass is 9.99. The van der Waals surface area contributed by atoms with Crippen molar-refractivity contribution in [2.45, 2.75) is 12.5 Å². The normalized spacial score (nSPS) is 12.4. The highest BCUT2D eigenvalue weighted by Gasteiger charge is 2.14. The topological polar surface area (TPSA) is 38.0 Å². The van der Waals surface area contributed by atoms with E-state index in [1.807, 2.05) is 30.3 Å². The largest absolute Gasteiger partial charge is 0.271 e. The van der Waals surface area contributed by atoms with Gasteiger partial charge in [-0.05, 0) is 64.4 Å². The summed E-state index contributed by atoms with van der Waals surface area (Å²) in [6.07, 6.45) is 0.656. The van der Waals surface area contributed by atoms with E-state index in [0.29, 0.717) is 21.5 Å². The van der Waals surface area contributed by atoms with Crippen LogP contribution in [-0.2, 0) is 6.42 Å². The molecule has 3 N–H and O–H groups in total. The number of rotatable bonds is 4. The molecule has 2 nitrogen and oxygen atoms in total. The fourth-order valence-electron chi connectivity index (χ4n) is 1.91. The predicted octanol–water partition coefficient (Wildman–Crippen LogP) is 5.00. The Morgan fingerprint density at radius 3 is 2.40 bits per heavy atom. The maximum atomic E-state index is 6.19. The molecule has 0 bridgehead atoms. The standard InChI is InChI=1S/C14H12Cl3IN2/c15-10-3-1-8(11(16)7-10)6-14(20-19)9-2-4-13(18)12(17)5-9/h1-5,7,14,20H,6,19H2. The van der Waals surface area contributed by atoms with Crippen molar-refractivity contribution in [3.63, 3.8) is 0 Å². The number of hydrazine groups is 1. The van der Waals surface area contributed by atoms with Crippen molar-refractivity contribution in [1.82, 2.24) is 5.43 Å². The van der Waals surface area contributed by atoms with Crippen molar-refractivity contribution in [3.05, 3.63) is 66.2 Å². The van der Waals surface area contributed by atoms with Gasteiger partial charge in [-0.25, -0.2) is 0 Å². The molecular weight excluding hydrogens is 429 g/mol. The highest BCUT2D eigenvalue weighted by atomic mass is 127. The fourth-order valence-corrected chi connectivity index (χ4v) is 2.92. The number of nitrogens with one attached hydrogen (secondary N) is 1. The molecule has 106 valence electrons. The van der Waals surface area contributed by atoms with Crippen molar-refractivity contribution in [2.24, 2.45) is 5.84 Å². The number of halogens is 4. The molecule has 1 unspecified atom stereocenters. The first-order valence-corrected chi connectivity index (χ1v) is 8.07. The van der Waals surface area contributed by atoms with Gasteiger partial charge in [-0.2, -0.15) is 0 Å². The van der Waals surface area contributed by atoms with E-state index < -0.39 is 0 Å². The van der Waals surface area contributed by atoms with Crippen LogP contribution in [0.25, 0.3) is 0 Å². The molecule has 0 aliphatic carbocycles. The Kier molecular flexibility index (Phi) is 5.95. The van der Waals surface area contributed by atoms with Crippen LogP contribution in [0.4, 0.5) is 0 Å². The third-order valence-electron chi connectivity index (χ3n) is 2.99. The van der Waals surface area contributed by atoms with Gasteiger partial charge in [-0.1, -0.05) is 46.9 Å². The summed E-state index contributed by atoms with van der Waals surface area (Å²) < 4.78 is 1.01. The van der Waals surface area contributed by atoms with Crippen LogP contribution in [0.2, 0.25) is 15.1 Å². The Morgan fingerprint density at radius 2 is 1.80 bits per heavy atom. The summed E-state index contributed by atoms with van der Waals surface area (Å²) in [7, 11) is 0. The molecule has 0 aliphatic heterocycles. The van der Waals surface area contributed by atoms with Crippen LogP contribution in [0.3, 0.4) is 0 Å². The molecule has 6 heteroatoms. The van der Waals surface area contributed by atoms with E-state index in [1.165, 1.54) is 0 Å². The van der Waals surface area contributed by atoms with Crippen molar-refractivity contribution in [3.8, 4) is 0 Å². The number of nitrogens with two attached hydrogens (primary N) is 1. The maximum Gasteiger partial charge on any atom is 0.0542 e. The molecule has 0 spiro atoms. The van der Waals surface area contributed by atoms with Gasteiger partial charge in [-0.3, -0.25) is 11.3 Å². The zero-order valence-electron chi connectivity index (χ0n) is 10.3. The van der Waals surface area contributed by atoms with Crippen molar-refractivity contribution < 1.29 is 0 Å². The van der Waals surface area contributed by atoms with Gasteiger partial charge in [0, 0.05) is 13.6 Å². The molecule has 1 atom stereocenters. The van der Waals surface area contributed by atoms with Crippen LogP contribution in [0, 0.1) is 3.57 Å². The second-order valence-corrected chi connectivity index (χ2v) is 6.75. The van der Waals surface area contributed by atoms with E-state index in [1.54, 1.807) is 6.07 Å². The van der Waals surface area contributed by atoms with Crippen LogP contribution < -0.4 is 11.3 Å². The van der Waals surface area contributed by atoms with Gasteiger partial charge in [0.2, 0.25) is 0 Å². The molecule has 0 amide bonds. The van der Waals surface area contributed by atoms with Crippen LogP contribution in [-0.4, -0.2) is 0 Å². The highest BCUT2D eigenvalue weighted by molar-refractivity contribution is 14.1. The summed E-state index contributed by atoms with van der Waals surface area (Å²) in [6.45, 7) is 0. The summed E-state index contributed by atoms with van der Waals surface area (Å²) in [4.78, 5) is 0. The van der Waals surface area contributed by atoms with Gasteiger partial charge in [0.25, 0.3) is 0 Å². The third-order valence-corrected chi connectivity index (χ3v) is 5.15. The Labute approximate surface area is 146 Å². The summed E-state index contributed by atoms with van der Waals surface area (Å²) in [6, 6.07) is 11.3. The van der Waals surface area contributed by atoms with Crippen molar-refractivity contribution in [1.29, 1.82) is 0 Å². The van der Waals surface area contributed by atoms with E-state index in [0.717, 1.165) is 14.7 Å². The van der Waals surface area contributed by atoms with E-state index >= 15 is 0 Å². The van der Waals surface area contributed by atoms with Gasteiger partial charge in [0.05, 0.1) is 11.1 Å². The lowest BCUT2D eigenvalue weighted by Crippen LogP contribution is -2.29. The van der Waals surface area contributed by atoms with Crippen LogP contribution in [0.5, 0.6) is 0 Å². The Bertz CT molecular complexity index is 619. The lowest BCUT2D eigenvalue weighted by molar-refractivity contribution is 0.552. The molecule has 0 aromatic heterocycles. The highest BCUT2D eigenvalue weighted by Crippen LogP contribution is 2.28. The summed E-state index contributed by atoms with van der Waals surface area (Å²) >= 11 is 20.4. The Balaban J connectivity index is 2.26. The first kappa shape index (κ1) is 16.3. The molecule has 0 fully saturated rings. The zero-order chi connectivity index (χ0) is 14.7. The van der Waals surface area contributed by atoms with Crippen LogP contribution in [0.15, 0.2) is 36.4 Å². The molecule has 20 heavy (non-hydrogen) atoms. The molecule has 0 saturated carbocycles. The number of hydrogen-bond acceptors (Lipinski definition) is 2. The molecule has 0 radical (unpaired) electrons. The summed E-state index contributed by atoms with van der Waals surface area (Å²) in [5.41, 5.74) is 4.80. The van der Waals surface area contributed by atoms with Gasteiger partial charge < -0.3 is 0 Å². The van der Waals surface area contributed by atoms with E-state index in [2.05, 4.69) is 28.0 Å². The minimum Gasteiger partial charge on any atom is -0.271 e. The van der Waals surface area contributed by atoms with Crippen molar-refractivity contribution >= 4 is 57.4 Å². The predicted molar refractivity (Wildman–Crippen MR) is 94.4 cm³/mol. The monoisotopic (exact) mass is 440 g/mol. The Morgan fingerprint density at radius 1 is 1.05 bits per heavy atom. The molecule has 2 rings (SSSR count). The quantitative estimate of drug-likeness (QED) is 0.398. The average Bonchev–Trinajstić information content (AvgIpc) is 2.41. The first-order valence-electron chi connectivity index (χ1n) is 5.86. The smallest absolute Gasteiger partial charge is 0.0542 e. The van der Waals surface area contributed by atoms with Crippen LogP contribution in [0.1, 0.15) is 17.2 Å². The molecular formula is C14H12Cl3IN2. The second kappa shape index (κ2) is 7.29. The number of hydrogen-bond donors (Lipinski definition) is 2. The third kappa shape index (κ3) is 4.00. The van der Waals surface area contributed by atoms with Crippen molar-refractivity contribution in [2.75, 3.05) is 0 Å². The summed E-state index contributed by atoms with van der Waals surface area (Å²) in [5, 5.41) is 1.97. The minimum absolute atomic E-state index is 0.0665. The van der Waals surface area contributed by atoms with E-state index in [4.69, 9.17) is 40.6 Å². The second-order valence-electron chi connectivity index (χ2n) is 4.33. The molecule has 0 heterocycles.